The van der Waals surface area contributed by atoms with Crippen LogP contribution in [0.25, 0.3) is 0 Å². The van der Waals surface area contributed by atoms with Crippen molar-refractivity contribution in [2.45, 2.75) is 18.9 Å². The molecule has 0 saturated heterocycles. The molecule has 1 aromatic carbocycles. The van der Waals surface area contributed by atoms with Crippen molar-refractivity contribution in [1.82, 2.24) is 9.78 Å². The van der Waals surface area contributed by atoms with E-state index >= 15 is 0 Å². The van der Waals surface area contributed by atoms with Gasteiger partial charge in [0.2, 0.25) is 0 Å². The molecule has 0 spiro atoms. The second-order valence-electron chi connectivity index (χ2n) is 4.09. The molecule has 2 N–H and O–H groups in total. The Morgan fingerprint density at radius 3 is 2.44 bits per heavy atom. The normalized spacial score (nSPS) is 14.7. The van der Waals surface area contributed by atoms with Gasteiger partial charge < -0.3 is 5.73 Å². The summed E-state index contributed by atoms with van der Waals surface area (Å²) in [5.41, 5.74) is 8.25. The molecule has 0 aliphatic carbocycles. The maximum Gasteiger partial charge on any atom is 0.0693 e. The molecule has 1 atom stereocenters. The van der Waals surface area contributed by atoms with Crippen LogP contribution in [0.3, 0.4) is 0 Å². The predicted octanol–water partition coefficient (Wildman–Crippen LogP) is 2.03. The molecular weight excluding hydrogens is 198 g/mol. The summed E-state index contributed by atoms with van der Waals surface area (Å²) >= 11 is 0. The van der Waals surface area contributed by atoms with Crippen LogP contribution in [-0.4, -0.2) is 9.78 Å². The minimum atomic E-state index is -0.435. The standard InChI is InChI=1S/C13H17N3/c1-3-13(14,11-7-5-4-6-8-11)12-9-15-16(2)10-12/h4-10H,3,14H2,1-2H3. The topological polar surface area (TPSA) is 43.8 Å². The molecule has 0 radical (unpaired) electrons. The maximum atomic E-state index is 6.50. The lowest BCUT2D eigenvalue weighted by Gasteiger charge is -2.27. The SMILES string of the molecule is CCC(N)(c1ccccc1)c1cnn(C)c1. The molecule has 0 saturated carbocycles. The van der Waals surface area contributed by atoms with E-state index in [2.05, 4.69) is 24.2 Å². The third kappa shape index (κ3) is 1.74. The van der Waals surface area contributed by atoms with E-state index in [1.807, 2.05) is 37.6 Å². The van der Waals surface area contributed by atoms with Crippen molar-refractivity contribution in [3.63, 3.8) is 0 Å². The Morgan fingerprint density at radius 2 is 1.94 bits per heavy atom. The lowest BCUT2D eigenvalue weighted by atomic mass is 9.83. The molecule has 84 valence electrons. The summed E-state index contributed by atoms with van der Waals surface area (Å²) in [6.45, 7) is 2.10. The van der Waals surface area contributed by atoms with E-state index in [1.165, 1.54) is 0 Å². The zero-order chi connectivity index (χ0) is 11.6. The zero-order valence-corrected chi connectivity index (χ0v) is 9.72. The van der Waals surface area contributed by atoms with Crippen LogP contribution in [0.15, 0.2) is 42.7 Å². The molecule has 3 nitrogen and oxygen atoms in total. The molecule has 0 aliphatic heterocycles. The molecule has 1 aromatic heterocycles. The van der Waals surface area contributed by atoms with Crippen LogP contribution in [0, 0.1) is 0 Å². The molecular formula is C13H17N3. The van der Waals surface area contributed by atoms with Crippen LogP contribution < -0.4 is 5.73 Å². The Morgan fingerprint density at radius 1 is 1.25 bits per heavy atom. The van der Waals surface area contributed by atoms with Gasteiger partial charge in [-0.2, -0.15) is 5.10 Å². The molecule has 3 heteroatoms. The van der Waals surface area contributed by atoms with Gasteiger partial charge in [-0.25, -0.2) is 0 Å². The highest BCUT2D eigenvalue weighted by molar-refractivity contribution is 5.35. The first-order valence-corrected chi connectivity index (χ1v) is 5.50. The monoisotopic (exact) mass is 215 g/mol. The van der Waals surface area contributed by atoms with Gasteiger partial charge in [-0.1, -0.05) is 37.3 Å². The summed E-state index contributed by atoms with van der Waals surface area (Å²) in [4.78, 5) is 0. The number of aryl methyl sites for hydroxylation is 1. The summed E-state index contributed by atoms with van der Waals surface area (Å²) in [5, 5.41) is 4.19. The molecule has 16 heavy (non-hydrogen) atoms. The number of hydrogen-bond acceptors (Lipinski definition) is 2. The third-order valence-corrected chi connectivity index (χ3v) is 3.07. The first-order chi connectivity index (χ1) is 7.66. The fraction of sp³-hybridized carbons (Fsp3) is 0.308. The van der Waals surface area contributed by atoms with E-state index in [0.717, 1.165) is 17.5 Å². The van der Waals surface area contributed by atoms with Crippen molar-refractivity contribution in [2.24, 2.45) is 12.8 Å². The number of nitrogens with zero attached hydrogens (tertiary/aromatic N) is 2. The van der Waals surface area contributed by atoms with Crippen LogP contribution in [0.2, 0.25) is 0 Å². The first-order valence-electron chi connectivity index (χ1n) is 5.50. The summed E-state index contributed by atoms with van der Waals surface area (Å²) in [7, 11) is 1.91. The Balaban J connectivity index is 2.48. The molecule has 0 aliphatic rings. The number of hydrogen-bond donors (Lipinski definition) is 1. The molecule has 1 heterocycles. The Bertz CT molecular complexity index is 461. The third-order valence-electron chi connectivity index (χ3n) is 3.07. The van der Waals surface area contributed by atoms with Gasteiger partial charge in [-0.3, -0.25) is 4.68 Å². The first kappa shape index (κ1) is 10.9. The van der Waals surface area contributed by atoms with Gasteiger partial charge >= 0.3 is 0 Å². The zero-order valence-electron chi connectivity index (χ0n) is 9.72. The van der Waals surface area contributed by atoms with Gasteiger partial charge in [0, 0.05) is 18.8 Å². The lowest BCUT2D eigenvalue weighted by molar-refractivity contribution is 0.518. The average molecular weight is 215 g/mol. The van der Waals surface area contributed by atoms with Gasteiger partial charge in [0.15, 0.2) is 0 Å². The van der Waals surface area contributed by atoms with Gasteiger partial charge in [-0.05, 0) is 12.0 Å². The number of rotatable bonds is 3. The average Bonchev–Trinajstić information content (AvgIpc) is 2.76. The second-order valence-corrected chi connectivity index (χ2v) is 4.09. The Kier molecular flexibility index (Phi) is 2.79. The van der Waals surface area contributed by atoms with Crippen LogP contribution >= 0.6 is 0 Å². The molecule has 2 aromatic rings. The molecule has 1 unspecified atom stereocenters. The highest BCUT2D eigenvalue weighted by atomic mass is 15.2. The van der Waals surface area contributed by atoms with E-state index in [4.69, 9.17) is 5.73 Å². The van der Waals surface area contributed by atoms with Gasteiger partial charge in [0.1, 0.15) is 0 Å². The van der Waals surface area contributed by atoms with E-state index < -0.39 is 5.54 Å². The fourth-order valence-corrected chi connectivity index (χ4v) is 1.96. The molecule has 0 fully saturated rings. The fourth-order valence-electron chi connectivity index (χ4n) is 1.96. The molecule has 0 amide bonds. The minimum Gasteiger partial charge on any atom is -0.318 e. The van der Waals surface area contributed by atoms with Crippen LogP contribution in [0.5, 0.6) is 0 Å². The minimum absolute atomic E-state index is 0.435. The van der Waals surface area contributed by atoms with Gasteiger partial charge in [-0.15, -0.1) is 0 Å². The molecule has 2 rings (SSSR count). The number of benzene rings is 1. The van der Waals surface area contributed by atoms with E-state index in [1.54, 1.807) is 4.68 Å². The Labute approximate surface area is 95.9 Å². The van der Waals surface area contributed by atoms with Gasteiger partial charge in [0.05, 0.1) is 11.7 Å². The highest BCUT2D eigenvalue weighted by Crippen LogP contribution is 2.29. The van der Waals surface area contributed by atoms with Crippen molar-refractivity contribution in [2.75, 3.05) is 0 Å². The predicted molar refractivity (Wildman–Crippen MR) is 64.9 cm³/mol. The maximum absolute atomic E-state index is 6.50. The van der Waals surface area contributed by atoms with E-state index in [-0.39, 0.29) is 0 Å². The second kappa shape index (κ2) is 4.10. The van der Waals surface area contributed by atoms with Gasteiger partial charge in [0.25, 0.3) is 0 Å². The van der Waals surface area contributed by atoms with Crippen molar-refractivity contribution >= 4 is 0 Å². The van der Waals surface area contributed by atoms with Crippen LogP contribution in [-0.2, 0) is 12.6 Å². The van der Waals surface area contributed by atoms with Crippen LogP contribution in [0.4, 0.5) is 0 Å². The van der Waals surface area contributed by atoms with Crippen molar-refractivity contribution < 1.29 is 0 Å². The summed E-state index contributed by atoms with van der Waals surface area (Å²) < 4.78 is 1.79. The van der Waals surface area contributed by atoms with E-state index in [0.29, 0.717) is 0 Å². The number of aromatic nitrogens is 2. The quantitative estimate of drug-likeness (QED) is 0.851. The number of nitrogens with two attached hydrogens (primary N) is 1. The summed E-state index contributed by atoms with van der Waals surface area (Å²) in [6.07, 6.45) is 4.68. The molecule has 0 bridgehead atoms. The van der Waals surface area contributed by atoms with E-state index in [9.17, 15) is 0 Å². The van der Waals surface area contributed by atoms with Crippen molar-refractivity contribution in [1.29, 1.82) is 0 Å². The lowest BCUT2D eigenvalue weighted by Crippen LogP contribution is -2.36. The van der Waals surface area contributed by atoms with Crippen molar-refractivity contribution in [3.8, 4) is 0 Å². The smallest absolute Gasteiger partial charge is 0.0693 e. The summed E-state index contributed by atoms with van der Waals surface area (Å²) in [5.74, 6) is 0. The Hall–Kier alpha value is -1.61. The van der Waals surface area contributed by atoms with Crippen LogP contribution in [0.1, 0.15) is 24.5 Å². The summed E-state index contributed by atoms with van der Waals surface area (Å²) in [6, 6.07) is 10.2. The largest absolute Gasteiger partial charge is 0.318 e. The highest BCUT2D eigenvalue weighted by Gasteiger charge is 2.28. The van der Waals surface area contributed by atoms with Crippen molar-refractivity contribution in [3.05, 3.63) is 53.9 Å².